The van der Waals surface area contributed by atoms with Crippen molar-refractivity contribution >= 4 is 28.2 Å². The third kappa shape index (κ3) is 6.59. The highest BCUT2D eigenvalue weighted by Crippen LogP contribution is 2.39. The monoisotopic (exact) mass is 406 g/mol. The number of nitriles is 1. The van der Waals surface area contributed by atoms with Crippen LogP contribution in [0.2, 0.25) is 0 Å². The molecule has 28 heavy (non-hydrogen) atoms. The van der Waals surface area contributed by atoms with Crippen molar-refractivity contribution in [2.75, 3.05) is 45.7 Å². The van der Waals surface area contributed by atoms with Crippen LogP contribution in [-0.4, -0.2) is 57.1 Å². The fourth-order valence-corrected chi connectivity index (χ4v) is 4.64. The largest absolute Gasteiger partial charge is 0.385 e. The van der Waals surface area contributed by atoms with E-state index in [0.717, 1.165) is 31.2 Å². The Labute approximate surface area is 171 Å². The van der Waals surface area contributed by atoms with Crippen molar-refractivity contribution in [3.05, 3.63) is 16.0 Å². The van der Waals surface area contributed by atoms with Gasteiger partial charge in [-0.2, -0.15) is 5.26 Å². The second kappa shape index (κ2) is 11.1. The minimum atomic E-state index is -0.129. The molecule has 1 atom stereocenters. The van der Waals surface area contributed by atoms with Crippen LogP contribution in [0.3, 0.4) is 0 Å². The Morgan fingerprint density at radius 3 is 2.89 bits per heavy atom. The Hall–Kier alpha value is -1.95. The molecular weight excluding hydrogens is 376 g/mol. The first-order chi connectivity index (χ1) is 13.4. The van der Waals surface area contributed by atoms with Crippen molar-refractivity contribution in [2.24, 2.45) is 5.92 Å². The Kier molecular flexibility index (Phi) is 8.90. The number of ether oxygens (including phenoxy) is 1. The quantitative estimate of drug-likeness (QED) is 0.581. The first-order valence-electron chi connectivity index (χ1n) is 9.73. The van der Waals surface area contributed by atoms with Gasteiger partial charge in [-0.25, -0.2) is 0 Å². The number of likely N-dealkylation sites (N-methyl/N-ethyl adjacent to an activating group) is 1. The summed E-state index contributed by atoms with van der Waals surface area (Å²) in [7, 11) is 3.44. The topological polar surface area (TPSA) is 94.5 Å². The van der Waals surface area contributed by atoms with E-state index in [1.54, 1.807) is 7.11 Å². The number of nitrogens with zero attached hydrogens (tertiary/aromatic N) is 2. The predicted molar refractivity (Wildman–Crippen MR) is 110 cm³/mol. The molecule has 8 heteroatoms. The van der Waals surface area contributed by atoms with Crippen molar-refractivity contribution < 1.29 is 14.3 Å². The molecule has 0 bridgehead atoms. The van der Waals surface area contributed by atoms with Gasteiger partial charge in [0.05, 0.1) is 12.1 Å². The molecule has 1 aliphatic carbocycles. The molecule has 1 aromatic heterocycles. The summed E-state index contributed by atoms with van der Waals surface area (Å²) in [6.07, 6.45) is 4.03. The van der Waals surface area contributed by atoms with E-state index in [-0.39, 0.29) is 24.8 Å². The lowest BCUT2D eigenvalue weighted by Crippen LogP contribution is -2.37. The van der Waals surface area contributed by atoms with Crippen LogP contribution < -0.4 is 10.6 Å². The van der Waals surface area contributed by atoms with Crippen LogP contribution in [0.15, 0.2) is 0 Å². The maximum absolute atomic E-state index is 12.3. The molecule has 154 valence electrons. The summed E-state index contributed by atoms with van der Waals surface area (Å²) in [5.41, 5.74) is 1.74. The summed E-state index contributed by atoms with van der Waals surface area (Å²) >= 11 is 1.53. The molecule has 2 rings (SSSR count). The molecule has 1 aromatic rings. The summed E-state index contributed by atoms with van der Waals surface area (Å²) in [6.45, 7) is 4.14. The standard InChI is InChI=1S/C20H30N4O3S/c1-14-5-6-15-16(12-21)20(28-17(15)11-14)23-18(25)7-9-24(2)13-19(26)22-8-4-10-27-3/h14H,4-11,13H2,1-3H3,(H,22,26)(H,23,25). The first-order valence-corrected chi connectivity index (χ1v) is 10.5. The predicted octanol–water partition coefficient (Wildman–Crippen LogP) is 2.16. The number of rotatable bonds is 10. The molecule has 0 aromatic carbocycles. The lowest BCUT2D eigenvalue weighted by molar-refractivity contribution is -0.122. The zero-order valence-electron chi connectivity index (χ0n) is 17.0. The lowest BCUT2D eigenvalue weighted by Gasteiger charge is -2.17. The molecular formula is C20H30N4O3S. The number of carbonyl (C=O) groups excluding carboxylic acids is 2. The molecule has 0 fully saturated rings. The highest BCUT2D eigenvalue weighted by atomic mass is 32.1. The van der Waals surface area contributed by atoms with Gasteiger partial charge in [-0.1, -0.05) is 6.92 Å². The van der Waals surface area contributed by atoms with Gasteiger partial charge in [0.1, 0.15) is 11.1 Å². The smallest absolute Gasteiger partial charge is 0.234 e. The van der Waals surface area contributed by atoms with E-state index >= 15 is 0 Å². The van der Waals surface area contributed by atoms with Crippen LogP contribution in [0.4, 0.5) is 5.00 Å². The van der Waals surface area contributed by atoms with Gasteiger partial charge in [0.2, 0.25) is 11.8 Å². The second-order valence-corrected chi connectivity index (χ2v) is 8.51. The summed E-state index contributed by atoms with van der Waals surface area (Å²) in [5.74, 6) is 0.428. The fourth-order valence-electron chi connectivity index (χ4n) is 3.26. The van der Waals surface area contributed by atoms with Gasteiger partial charge in [-0.3, -0.25) is 14.5 Å². The van der Waals surface area contributed by atoms with Gasteiger partial charge in [0, 0.05) is 38.1 Å². The van der Waals surface area contributed by atoms with E-state index < -0.39 is 0 Å². The molecule has 0 saturated carbocycles. The third-order valence-electron chi connectivity index (χ3n) is 4.86. The third-order valence-corrected chi connectivity index (χ3v) is 6.03. The maximum Gasteiger partial charge on any atom is 0.234 e. The number of carbonyl (C=O) groups is 2. The number of hydrogen-bond acceptors (Lipinski definition) is 6. The minimum Gasteiger partial charge on any atom is -0.385 e. The van der Waals surface area contributed by atoms with Gasteiger partial charge in [0.25, 0.3) is 0 Å². The summed E-state index contributed by atoms with van der Waals surface area (Å²) in [6, 6.07) is 2.27. The molecule has 0 spiro atoms. The Morgan fingerprint density at radius 1 is 1.39 bits per heavy atom. The summed E-state index contributed by atoms with van der Waals surface area (Å²) in [4.78, 5) is 27.2. The van der Waals surface area contributed by atoms with E-state index in [2.05, 4.69) is 23.6 Å². The molecule has 0 saturated heterocycles. The highest BCUT2D eigenvalue weighted by molar-refractivity contribution is 7.16. The van der Waals surface area contributed by atoms with E-state index in [1.165, 1.54) is 16.2 Å². The van der Waals surface area contributed by atoms with Crippen LogP contribution >= 0.6 is 11.3 Å². The van der Waals surface area contributed by atoms with Crippen LogP contribution in [0.5, 0.6) is 0 Å². The van der Waals surface area contributed by atoms with Crippen LogP contribution in [0.1, 0.15) is 42.2 Å². The lowest BCUT2D eigenvalue weighted by atomic mass is 9.89. The number of anilines is 1. The number of methoxy groups -OCH3 is 1. The van der Waals surface area contributed by atoms with Gasteiger partial charge in [-0.05, 0) is 44.2 Å². The van der Waals surface area contributed by atoms with Crippen molar-refractivity contribution in [1.82, 2.24) is 10.2 Å². The number of thiophene rings is 1. The number of fused-ring (bicyclic) bond motifs is 1. The number of amides is 2. The maximum atomic E-state index is 12.3. The highest BCUT2D eigenvalue weighted by Gasteiger charge is 2.24. The van der Waals surface area contributed by atoms with E-state index in [0.29, 0.717) is 36.2 Å². The first kappa shape index (κ1) is 22.3. The van der Waals surface area contributed by atoms with Crippen LogP contribution in [-0.2, 0) is 27.2 Å². The van der Waals surface area contributed by atoms with Gasteiger partial charge in [0.15, 0.2) is 0 Å². The Morgan fingerprint density at radius 2 is 2.18 bits per heavy atom. The SMILES string of the molecule is COCCCNC(=O)CN(C)CCC(=O)Nc1sc2c(c1C#N)CCC(C)C2. The average molecular weight is 407 g/mol. The summed E-state index contributed by atoms with van der Waals surface area (Å²) in [5, 5.41) is 15.9. The summed E-state index contributed by atoms with van der Waals surface area (Å²) < 4.78 is 4.94. The molecule has 0 radical (unpaired) electrons. The second-order valence-electron chi connectivity index (χ2n) is 7.40. The van der Waals surface area contributed by atoms with Crippen molar-refractivity contribution in [3.8, 4) is 6.07 Å². The zero-order valence-corrected chi connectivity index (χ0v) is 17.8. The van der Waals surface area contributed by atoms with Gasteiger partial charge >= 0.3 is 0 Å². The minimum absolute atomic E-state index is 0.0640. The Bertz CT molecular complexity index is 726. The molecule has 0 aliphatic heterocycles. The van der Waals surface area contributed by atoms with Gasteiger partial charge in [-0.15, -0.1) is 11.3 Å². The van der Waals surface area contributed by atoms with E-state index in [4.69, 9.17) is 4.74 Å². The van der Waals surface area contributed by atoms with Crippen LogP contribution in [0, 0.1) is 17.2 Å². The molecule has 2 N–H and O–H groups in total. The molecule has 2 amide bonds. The van der Waals surface area contributed by atoms with Crippen molar-refractivity contribution in [1.29, 1.82) is 5.26 Å². The van der Waals surface area contributed by atoms with Crippen molar-refractivity contribution in [3.63, 3.8) is 0 Å². The molecule has 7 nitrogen and oxygen atoms in total. The normalized spacial score (nSPS) is 15.8. The number of nitrogens with one attached hydrogen (secondary N) is 2. The molecule has 1 heterocycles. The fraction of sp³-hybridized carbons (Fsp3) is 0.650. The number of hydrogen-bond donors (Lipinski definition) is 2. The van der Waals surface area contributed by atoms with Gasteiger partial charge < -0.3 is 15.4 Å². The van der Waals surface area contributed by atoms with E-state index in [1.807, 2.05) is 11.9 Å². The Balaban J connectivity index is 1.78. The van der Waals surface area contributed by atoms with Crippen molar-refractivity contribution in [2.45, 2.75) is 39.0 Å². The zero-order chi connectivity index (χ0) is 20.5. The molecule has 1 aliphatic rings. The average Bonchev–Trinajstić information content (AvgIpc) is 2.99. The van der Waals surface area contributed by atoms with E-state index in [9.17, 15) is 14.9 Å². The van der Waals surface area contributed by atoms with Crippen LogP contribution in [0.25, 0.3) is 0 Å². The molecule has 1 unspecified atom stereocenters.